The van der Waals surface area contributed by atoms with Crippen LogP contribution in [0.3, 0.4) is 0 Å². The molecule has 3 atom stereocenters. The van der Waals surface area contributed by atoms with Crippen molar-refractivity contribution in [1.82, 2.24) is 15.6 Å². The molecule has 2 aromatic carbocycles. The average molecular weight is 585 g/mol. The molecule has 0 unspecified atom stereocenters. The molecule has 11 heteroatoms. The summed E-state index contributed by atoms with van der Waals surface area (Å²) >= 11 is 0. The van der Waals surface area contributed by atoms with E-state index in [9.17, 15) is 22.8 Å². The molecule has 3 N–H and O–H groups in total. The van der Waals surface area contributed by atoms with Crippen molar-refractivity contribution in [1.29, 1.82) is 0 Å². The lowest BCUT2D eigenvalue weighted by atomic mass is 9.89. The van der Waals surface area contributed by atoms with Crippen molar-refractivity contribution in [3.8, 4) is 0 Å². The van der Waals surface area contributed by atoms with Gasteiger partial charge in [0.25, 0.3) is 0 Å². The minimum absolute atomic E-state index is 0.0924. The lowest BCUT2D eigenvalue weighted by Gasteiger charge is -2.30. The average Bonchev–Trinajstić information content (AvgIpc) is 2.98. The Balaban J connectivity index is 1.29. The van der Waals surface area contributed by atoms with E-state index >= 15 is 0 Å². The van der Waals surface area contributed by atoms with E-state index in [-0.39, 0.29) is 43.6 Å². The van der Waals surface area contributed by atoms with Crippen LogP contribution in [0.2, 0.25) is 0 Å². The number of pyridine rings is 1. The number of hydrogen-bond acceptors (Lipinski definition) is 6. The number of alkyl halides is 3. The van der Waals surface area contributed by atoms with Gasteiger partial charge in [0.15, 0.2) is 0 Å². The Morgan fingerprint density at radius 3 is 2.50 bits per heavy atom. The fraction of sp³-hybridized carbons (Fsp3) is 0.387. The summed E-state index contributed by atoms with van der Waals surface area (Å²) < 4.78 is 47.4. The van der Waals surface area contributed by atoms with Crippen molar-refractivity contribution in [2.24, 2.45) is 0 Å². The third-order valence-electron chi connectivity index (χ3n) is 7.12. The molecule has 2 amide bonds. The zero-order valence-corrected chi connectivity index (χ0v) is 23.3. The molecule has 1 fully saturated rings. The summed E-state index contributed by atoms with van der Waals surface area (Å²) in [7, 11) is 0. The molecule has 224 valence electrons. The zero-order valence-electron chi connectivity index (χ0n) is 23.3. The van der Waals surface area contributed by atoms with Crippen molar-refractivity contribution in [2.75, 3.05) is 31.6 Å². The lowest BCUT2D eigenvalue weighted by molar-refractivity contribution is -0.124. The second kappa shape index (κ2) is 14.8. The molecular weight excluding hydrogens is 549 g/mol. The molecular formula is C31H35F3N4O4. The maximum atomic E-state index is 13.3. The predicted molar refractivity (Wildman–Crippen MR) is 152 cm³/mol. The van der Waals surface area contributed by atoms with Crippen LogP contribution in [-0.2, 0) is 20.7 Å². The van der Waals surface area contributed by atoms with Crippen LogP contribution in [0, 0.1) is 6.92 Å². The van der Waals surface area contributed by atoms with E-state index < -0.39 is 18.8 Å². The highest BCUT2D eigenvalue weighted by Gasteiger charge is 2.29. The highest BCUT2D eigenvalue weighted by Crippen LogP contribution is 2.29. The Kier molecular flexibility index (Phi) is 10.9. The number of rotatable bonds is 11. The first-order valence-electron chi connectivity index (χ1n) is 13.8. The second-order valence-corrected chi connectivity index (χ2v) is 10.3. The fourth-order valence-corrected chi connectivity index (χ4v) is 4.91. The molecule has 42 heavy (non-hydrogen) atoms. The molecule has 0 bridgehead atoms. The molecule has 0 saturated carbocycles. The molecule has 2 heterocycles. The van der Waals surface area contributed by atoms with Crippen molar-refractivity contribution < 1.29 is 32.2 Å². The third-order valence-corrected chi connectivity index (χ3v) is 7.12. The highest BCUT2D eigenvalue weighted by molar-refractivity contribution is 5.92. The summed E-state index contributed by atoms with van der Waals surface area (Å²) in [6, 6.07) is 19.3. The van der Waals surface area contributed by atoms with Crippen molar-refractivity contribution in [3.05, 3.63) is 95.3 Å². The quantitative estimate of drug-likeness (QED) is 0.289. The van der Waals surface area contributed by atoms with E-state index in [1.807, 2.05) is 67.6 Å². The smallest absolute Gasteiger partial charge is 0.407 e. The maximum Gasteiger partial charge on any atom is 0.407 e. The van der Waals surface area contributed by atoms with E-state index in [0.29, 0.717) is 19.4 Å². The third kappa shape index (κ3) is 9.56. The van der Waals surface area contributed by atoms with Crippen molar-refractivity contribution >= 4 is 17.7 Å². The molecule has 1 saturated heterocycles. The number of benzene rings is 2. The summed E-state index contributed by atoms with van der Waals surface area (Å²) in [5.74, 6) is -0.206. The van der Waals surface area contributed by atoms with Crippen molar-refractivity contribution in [3.63, 3.8) is 0 Å². The summed E-state index contributed by atoms with van der Waals surface area (Å²) in [4.78, 5) is 28.9. The van der Waals surface area contributed by atoms with Gasteiger partial charge in [-0.2, -0.15) is 13.2 Å². The van der Waals surface area contributed by atoms with E-state index in [1.54, 1.807) is 17.7 Å². The number of morpholine rings is 1. The number of alkyl carbamates (subject to hydrolysis) is 1. The first-order chi connectivity index (χ1) is 20.2. The highest BCUT2D eigenvalue weighted by atomic mass is 19.4. The van der Waals surface area contributed by atoms with Gasteiger partial charge < -0.3 is 25.4 Å². The molecule has 3 aromatic rings. The molecule has 1 aromatic heterocycles. The topological polar surface area (TPSA) is 102 Å². The Labute approximate surface area is 243 Å². The van der Waals surface area contributed by atoms with Gasteiger partial charge in [-0.15, -0.1) is 0 Å². The van der Waals surface area contributed by atoms with Crippen molar-refractivity contribution in [2.45, 2.75) is 50.4 Å². The summed E-state index contributed by atoms with van der Waals surface area (Å²) in [5.41, 5.74) is 4.92. The van der Waals surface area contributed by atoms with E-state index in [4.69, 9.17) is 9.47 Å². The van der Waals surface area contributed by atoms with Gasteiger partial charge in [-0.25, -0.2) is 4.79 Å². The second-order valence-electron chi connectivity index (χ2n) is 10.3. The molecule has 0 aliphatic carbocycles. The standard InChI is InChI=1S/C31H35F3N4O4/c1-21-6-5-9-28(38-29(39)16-27(22-7-3-2-4-8-22)23-12-14-35-15-13-23)26(21)11-10-25-17-36-24(18-41-25)19-42-30(40)37-20-31(32,33)34/h2-9,12-15,24-25,27,36H,10-11,16-20H2,1H3,(H,37,40)(H,38,39)/t24-,25+,27+/m0/s1. The number of aromatic nitrogens is 1. The number of hydrogen-bond donors (Lipinski definition) is 3. The zero-order chi connectivity index (χ0) is 30.0. The number of nitrogens with zero attached hydrogens (tertiary/aromatic N) is 1. The SMILES string of the molecule is Cc1cccc(NC(=O)C[C@H](c2ccccc2)c2ccncc2)c1CC[C@@H]1CN[C@H](COC(=O)NCC(F)(F)F)CO1. The van der Waals surface area contributed by atoms with Gasteiger partial charge >= 0.3 is 12.3 Å². The normalized spacial score (nSPS) is 17.7. The van der Waals surface area contributed by atoms with Gasteiger partial charge in [0.1, 0.15) is 13.2 Å². The van der Waals surface area contributed by atoms with E-state index in [2.05, 4.69) is 15.6 Å². The lowest BCUT2D eigenvalue weighted by Crippen LogP contribution is -2.49. The number of aryl methyl sites for hydroxylation is 1. The minimum atomic E-state index is -4.50. The van der Waals surface area contributed by atoms with E-state index in [0.717, 1.165) is 27.9 Å². The number of nitrogens with one attached hydrogen (secondary N) is 3. The first-order valence-corrected chi connectivity index (χ1v) is 13.8. The number of anilines is 1. The molecule has 4 rings (SSSR count). The predicted octanol–water partition coefficient (Wildman–Crippen LogP) is 5.13. The Morgan fingerprint density at radius 2 is 1.81 bits per heavy atom. The number of carbonyl (C=O) groups excluding carboxylic acids is 2. The van der Waals surface area contributed by atoms with Crippen LogP contribution in [0.5, 0.6) is 0 Å². The van der Waals surface area contributed by atoms with Crippen LogP contribution in [0.4, 0.5) is 23.7 Å². The summed E-state index contributed by atoms with van der Waals surface area (Å²) in [6.07, 6.45) is -0.647. The van der Waals surface area contributed by atoms with Gasteiger partial charge in [0.2, 0.25) is 5.91 Å². The molecule has 0 radical (unpaired) electrons. The van der Waals surface area contributed by atoms with Gasteiger partial charge in [0, 0.05) is 37.0 Å². The first kappa shape index (κ1) is 31.0. The molecule has 1 aliphatic rings. The van der Waals surface area contributed by atoms with Crippen LogP contribution in [0.1, 0.15) is 41.0 Å². The van der Waals surface area contributed by atoms with Gasteiger partial charge in [-0.3, -0.25) is 9.78 Å². The van der Waals surface area contributed by atoms with Crippen LogP contribution in [0.25, 0.3) is 0 Å². The van der Waals surface area contributed by atoms with Gasteiger partial charge in [-0.05, 0) is 60.2 Å². The number of carbonyl (C=O) groups is 2. The maximum absolute atomic E-state index is 13.3. The van der Waals surface area contributed by atoms with Crippen LogP contribution < -0.4 is 16.0 Å². The van der Waals surface area contributed by atoms with E-state index in [1.165, 1.54) is 0 Å². The Morgan fingerprint density at radius 1 is 1.07 bits per heavy atom. The minimum Gasteiger partial charge on any atom is -0.448 e. The van der Waals surface area contributed by atoms with Crippen LogP contribution >= 0.6 is 0 Å². The fourth-order valence-electron chi connectivity index (χ4n) is 4.91. The largest absolute Gasteiger partial charge is 0.448 e. The Hall–Kier alpha value is -3.96. The van der Waals surface area contributed by atoms with Gasteiger partial charge in [-0.1, -0.05) is 42.5 Å². The molecule has 0 spiro atoms. The Bertz CT molecular complexity index is 1260. The monoisotopic (exact) mass is 584 g/mol. The van der Waals surface area contributed by atoms with Crippen LogP contribution in [0.15, 0.2) is 73.1 Å². The van der Waals surface area contributed by atoms with Gasteiger partial charge in [0.05, 0.1) is 18.8 Å². The summed E-state index contributed by atoms with van der Waals surface area (Å²) in [6.45, 7) is 1.21. The number of halogens is 3. The number of amides is 2. The summed E-state index contributed by atoms with van der Waals surface area (Å²) in [5, 5.41) is 8.02. The number of ether oxygens (including phenoxy) is 2. The van der Waals surface area contributed by atoms with Crippen LogP contribution in [-0.4, -0.2) is 61.6 Å². The molecule has 8 nitrogen and oxygen atoms in total. The molecule has 1 aliphatic heterocycles.